The second kappa shape index (κ2) is 3.54. The molecule has 2 rings (SSSR count). The molecule has 1 heterocycles. The van der Waals surface area contributed by atoms with Gasteiger partial charge in [-0.25, -0.2) is 0 Å². The molecule has 0 unspecified atom stereocenters. The van der Waals surface area contributed by atoms with Crippen molar-refractivity contribution in [1.29, 1.82) is 0 Å². The van der Waals surface area contributed by atoms with Gasteiger partial charge in [0.1, 0.15) is 0 Å². The minimum absolute atomic E-state index is 0.0613. The van der Waals surface area contributed by atoms with E-state index in [1.54, 1.807) is 0 Å². The van der Waals surface area contributed by atoms with Crippen molar-refractivity contribution in [2.45, 2.75) is 26.3 Å². The first kappa shape index (κ1) is 9.97. The van der Waals surface area contributed by atoms with Gasteiger partial charge < -0.3 is 5.32 Å². The molecule has 2 nitrogen and oxygen atoms in total. The van der Waals surface area contributed by atoms with Gasteiger partial charge in [0, 0.05) is 22.5 Å². The number of rotatable bonds is 1. The molecule has 0 spiro atoms. The van der Waals surface area contributed by atoms with Crippen LogP contribution in [0, 0.1) is 0 Å². The minimum atomic E-state index is 0.0613. The Kier molecular flexibility index (Phi) is 2.35. The van der Waals surface area contributed by atoms with Crippen molar-refractivity contribution in [3.8, 4) is 0 Å². The van der Waals surface area contributed by atoms with Crippen molar-refractivity contribution in [2.75, 3.05) is 5.32 Å². The molecule has 0 aliphatic heterocycles. The normalized spacial score (nSPS) is 11.7. The SMILES string of the molecule is CC(C)(C)Nc1cncc2ccccc12. The molecule has 0 saturated carbocycles. The summed E-state index contributed by atoms with van der Waals surface area (Å²) in [5.74, 6) is 0. The maximum atomic E-state index is 4.23. The van der Waals surface area contributed by atoms with Crippen molar-refractivity contribution in [2.24, 2.45) is 0 Å². The Morgan fingerprint density at radius 2 is 1.80 bits per heavy atom. The minimum Gasteiger partial charge on any atom is -0.379 e. The average Bonchev–Trinajstić information content (AvgIpc) is 2.16. The summed E-state index contributed by atoms with van der Waals surface area (Å²) in [4.78, 5) is 4.23. The Hall–Kier alpha value is -1.57. The lowest BCUT2D eigenvalue weighted by Crippen LogP contribution is -2.26. The molecule has 0 fully saturated rings. The van der Waals surface area contributed by atoms with Gasteiger partial charge in [-0.15, -0.1) is 0 Å². The predicted octanol–water partition coefficient (Wildman–Crippen LogP) is 3.45. The summed E-state index contributed by atoms with van der Waals surface area (Å²) in [6.45, 7) is 6.44. The van der Waals surface area contributed by atoms with Crippen LogP contribution in [0.3, 0.4) is 0 Å². The number of fused-ring (bicyclic) bond motifs is 1. The maximum absolute atomic E-state index is 4.23. The van der Waals surface area contributed by atoms with Gasteiger partial charge in [0.05, 0.1) is 11.9 Å². The van der Waals surface area contributed by atoms with Crippen molar-refractivity contribution < 1.29 is 0 Å². The van der Waals surface area contributed by atoms with Crippen LogP contribution in [-0.2, 0) is 0 Å². The molecule has 1 aromatic carbocycles. The molecule has 0 bridgehead atoms. The van der Waals surface area contributed by atoms with Crippen LogP contribution < -0.4 is 5.32 Å². The molecule has 0 atom stereocenters. The van der Waals surface area contributed by atoms with Gasteiger partial charge in [-0.3, -0.25) is 4.98 Å². The number of hydrogen-bond donors (Lipinski definition) is 1. The summed E-state index contributed by atoms with van der Waals surface area (Å²) in [7, 11) is 0. The highest BCUT2D eigenvalue weighted by Gasteiger charge is 2.11. The van der Waals surface area contributed by atoms with Gasteiger partial charge in [0.2, 0.25) is 0 Å². The monoisotopic (exact) mass is 200 g/mol. The van der Waals surface area contributed by atoms with Crippen LogP contribution in [0.5, 0.6) is 0 Å². The van der Waals surface area contributed by atoms with Crippen molar-refractivity contribution in [3.05, 3.63) is 36.7 Å². The first-order valence-electron chi connectivity index (χ1n) is 5.17. The molecule has 0 radical (unpaired) electrons. The number of hydrogen-bond acceptors (Lipinski definition) is 2. The lowest BCUT2D eigenvalue weighted by atomic mass is 10.1. The molecule has 0 aliphatic rings. The molecule has 2 aromatic rings. The molecule has 0 saturated heterocycles. The second-order valence-electron chi connectivity index (χ2n) is 4.78. The quantitative estimate of drug-likeness (QED) is 0.762. The fourth-order valence-corrected chi connectivity index (χ4v) is 1.62. The van der Waals surface area contributed by atoms with Crippen LogP contribution in [0.1, 0.15) is 20.8 Å². The Morgan fingerprint density at radius 3 is 2.53 bits per heavy atom. The highest BCUT2D eigenvalue weighted by molar-refractivity contribution is 5.92. The third kappa shape index (κ3) is 2.27. The first-order chi connectivity index (χ1) is 7.06. The number of pyridine rings is 1. The highest BCUT2D eigenvalue weighted by atomic mass is 15.0. The largest absolute Gasteiger partial charge is 0.379 e. The zero-order chi connectivity index (χ0) is 10.9. The molecular formula is C13H16N2. The number of nitrogens with zero attached hydrogens (tertiary/aromatic N) is 1. The fraction of sp³-hybridized carbons (Fsp3) is 0.308. The Balaban J connectivity index is 2.52. The van der Waals surface area contributed by atoms with E-state index in [9.17, 15) is 0 Å². The molecule has 15 heavy (non-hydrogen) atoms. The first-order valence-corrected chi connectivity index (χ1v) is 5.17. The van der Waals surface area contributed by atoms with E-state index in [2.05, 4.69) is 49.3 Å². The summed E-state index contributed by atoms with van der Waals surface area (Å²) in [5.41, 5.74) is 1.16. The molecule has 0 aliphatic carbocycles. The van der Waals surface area contributed by atoms with Gasteiger partial charge in [-0.2, -0.15) is 0 Å². The van der Waals surface area contributed by atoms with Crippen molar-refractivity contribution in [1.82, 2.24) is 4.98 Å². The van der Waals surface area contributed by atoms with Crippen molar-refractivity contribution >= 4 is 16.5 Å². The van der Waals surface area contributed by atoms with Crippen LogP contribution >= 0.6 is 0 Å². The average molecular weight is 200 g/mol. The van der Waals surface area contributed by atoms with E-state index in [1.165, 1.54) is 10.8 Å². The van der Waals surface area contributed by atoms with E-state index in [0.717, 1.165) is 5.69 Å². The van der Waals surface area contributed by atoms with E-state index in [1.807, 2.05) is 18.5 Å². The number of aromatic nitrogens is 1. The molecule has 1 N–H and O–H groups in total. The molecule has 1 aromatic heterocycles. The van der Waals surface area contributed by atoms with Gasteiger partial charge in [-0.1, -0.05) is 24.3 Å². The molecule has 78 valence electrons. The van der Waals surface area contributed by atoms with E-state index in [4.69, 9.17) is 0 Å². The van der Waals surface area contributed by atoms with Crippen LogP contribution in [0.15, 0.2) is 36.7 Å². The van der Waals surface area contributed by atoms with Gasteiger partial charge in [0.25, 0.3) is 0 Å². The fourth-order valence-electron chi connectivity index (χ4n) is 1.62. The lowest BCUT2D eigenvalue weighted by Gasteiger charge is -2.22. The van der Waals surface area contributed by atoms with Gasteiger partial charge in [0.15, 0.2) is 0 Å². The molecule has 0 amide bonds. The Bertz CT molecular complexity index is 464. The smallest absolute Gasteiger partial charge is 0.0610 e. The predicted molar refractivity (Wildman–Crippen MR) is 65.1 cm³/mol. The highest BCUT2D eigenvalue weighted by Crippen LogP contribution is 2.24. The van der Waals surface area contributed by atoms with Crippen molar-refractivity contribution in [3.63, 3.8) is 0 Å². The van der Waals surface area contributed by atoms with E-state index >= 15 is 0 Å². The van der Waals surface area contributed by atoms with Crippen LogP contribution in [0.2, 0.25) is 0 Å². The van der Waals surface area contributed by atoms with Gasteiger partial charge >= 0.3 is 0 Å². The van der Waals surface area contributed by atoms with E-state index < -0.39 is 0 Å². The van der Waals surface area contributed by atoms with Gasteiger partial charge in [-0.05, 0) is 20.8 Å². The second-order valence-corrected chi connectivity index (χ2v) is 4.78. The number of nitrogens with one attached hydrogen (secondary N) is 1. The summed E-state index contributed by atoms with van der Waals surface area (Å²) in [6.07, 6.45) is 3.77. The van der Waals surface area contributed by atoms with E-state index in [0.29, 0.717) is 0 Å². The third-order valence-electron chi connectivity index (χ3n) is 2.18. The number of benzene rings is 1. The molecule has 2 heteroatoms. The summed E-state index contributed by atoms with van der Waals surface area (Å²) >= 11 is 0. The topological polar surface area (TPSA) is 24.9 Å². The Labute approximate surface area is 90.3 Å². The zero-order valence-electron chi connectivity index (χ0n) is 9.41. The lowest BCUT2D eigenvalue weighted by molar-refractivity contribution is 0.634. The third-order valence-corrected chi connectivity index (χ3v) is 2.18. The standard InChI is InChI=1S/C13H16N2/c1-13(2,3)15-12-9-14-8-10-6-4-5-7-11(10)12/h4-9,15H,1-3H3. The van der Waals surface area contributed by atoms with Crippen LogP contribution in [0.25, 0.3) is 10.8 Å². The summed E-state index contributed by atoms with van der Waals surface area (Å²) < 4.78 is 0. The summed E-state index contributed by atoms with van der Waals surface area (Å²) in [6, 6.07) is 8.28. The zero-order valence-corrected chi connectivity index (χ0v) is 9.41. The maximum Gasteiger partial charge on any atom is 0.0610 e. The van der Waals surface area contributed by atoms with E-state index in [-0.39, 0.29) is 5.54 Å². The number of anilines is 1. The Morgan fingerprint density at radius 1 is 1.07 bits per heavy atom. The summed E-state index contributed by atoms with van der Waals surface area (Å²) in [5, 5.41) is 5.86. The van der Waals surface area contributed by atoms with Crippen LogP contribution in [0.4, 0.5) is 5.69 Å². The molecular weight excluding hydrogens is 184 g/mol. The van der Waals surface area contributed by atoms with Crippen LogP contribution in [-0.4, -0.2) is 10.5 Å².